The van der Waals surface area contributed by atoms with Crippen molar-refractivity contribution in [2.75, 3.05) is 0 Å². The molecule has 0 aromatic carbocycles. The third-order valence-corrected chi connectivity index (χ3v) is 1.71. The van der Waals surface area contributed by atoms with E-state index in [0.717, 1.165) is 0 Å². The largest absolute Gasteiger partial charge is 0.309 e. The molecule has 0 saturated heterocycles. The lowest BCUT2D eigenvalue weighted by molar-refractivity contribution is -0.121. The average Bonchev–Trinajstić information content (AvgIpc) is 1.54. The van der Waals surface area contributed by atoms with Gasteiger partial charge in [0.15, 0.2) is 0 Å². The molecule has 1 N–H and O–H groups in total. The Kier molecular flexibility index (Phi) is 2.97. The second-order valence-electron chi connectivity index (χ2n) is 4.09. The molecule has 0 aliphatic heterocycles. The maximum absolute atomic E-state index is 11.1. The van der Waals surface area contributed by atoms with Gasteiger partial charge in [-0.25, -0.2) is 0 Å². The normalized spacial score (nSPS) is 14.3. The summed E-state index contributed by atoms with van der Waals surface area (Å²) in [5, 5.41) is 7.42. The van der Waals surface area contributed by atoms with E-state index in [0.29, 0.717) is 5.71 Å². The zero-order valence-corrected chi connectivity index (χ0v) is 7.99. The Morgan fingerprint density at radius 1 is 1.27 bits per heavy atom. The van der Waals surface area contributed by atoms with Crippen LogP contribution < -0.4 is 0 Å². The Labute approximate surface area is 68.5 Å². The first-order chi connectivity index (χ1) is 4.76. The second-order valence-corrected chi connectivity index (χ2v) is 4.09. The van der Waals surface area contributed by atoms with Crippen molar-refractivity contribution in [3.05, 3.63) is 0 Å². The summed E-state index contributed by atoms with van der Waals surface area (Å²) < 4.78 is 0. The third-order valence-electron chi connectivity index (χ3n) is 1.71. The Hall–Kier alpha value is -0.660. The molecule has 1 atom stereocenters. The molecule has 11 heavy (non-hydrogen) atoms. The summed E-state index contributed by atoms with van der Waals surface area (Å²) in [6.07, 6.45) is 0. The third kappa shape index (κ3) is 2.83. The maximum Gasteiger partial charge on any atom is 0.138 e. The predicted molar refractivity (Wildman–Crippen MR) is 47.0 cm³/mol. The molecular formula is C9H17NO. The molecule has 0 bridgehead atoms. The highest BCUT2D eigenvalue weighted by Gasteiger charge is 2.29. The van der Waals surface area contributed by atoms with Gasteiger partial charge in [0.1, 0.15) is 5.78 Å². The van der Waals surface area contributed by atoms with E-state index >= 15 is 0 Å². The molecule has 0 radical (unpaired) electrons. The van der Waals surface area contributed by atoms with Crippen molar-refractivity contribution >= 4 is 11.5 Å². The van der Waals surface area contributed by atoms with Crippen LogP contribution in [0.1, 0.15) is 34.6 Å². The number of rotatable bonds is 2. The number of nitrogens with one attached hydrogen (secondary N) is 1. The van der Waals surface area contributed by atoms with Crippen molar-refractivity contribution in [1.29, 1.82) is 5.41 Å². The average molecular weight is 155 g/mol. The van der Waals surface area contributed by atoms with E-state index in [1.165, 1.54) is 0 Å². The summed E-state index contributed by atoms with van der Waals surface area (Å²) >= 11 is 0. The Morgan fingerprint density at radius 3 is 1.64 bits per heavy atom. The van der Waals surface area contributed by atoms with E-state index in [1.807, 2.05) is 20.8 Å². The van der Waals surface area contributed by atoms with Crippen LogP contribution in [-0.2, 0) is 4.79 Å². The van der Waals surface area contributed by atoms with Gasteiger partial charge < -0.3 is 5.41 Å². The summed E-state index contributed by atoms with van der Waals surface area (Å²) in [5.74, 6) is -0.132. The fraction of sp³-hybridized carbons (Fsp3) is 0.778. The highest BCUT2D eigenvalue weighted by Crippen LogP contribution is 2.27. The first-order valence-corrected chi connectivity index (χ1v) is 3.82. The second kappa shape index (κ2) is 3.16. The summed E-state index contributed by atoms with van der Waals surface area (Å²) in [5.41, 5.74) is 0.350. The minimum Gasteiger partial charge on any atom is -0.309 e. The number of ketones is 1. The number of hydrogen-bond acceptors (Lipinski definition) is 2. The number of hydrogen-bond donors (Lipinski definition) is 1. The monoisotopic (exact) mass is 155 g/mol. The standard InChI is InChI=1S/C9H17NO/c1-6(10)8(7(2)11)9(3,4)5/h8,10H,1-5H3. The number of carbonyl (C=O) groups is 1. The Bertz CT molecular complexity index is 162. The fourth-order valence-electron chi connectivity index (χ4n) is 1.56. The van der Waals surface area contributed by atoms with E-state index in [2.05, 4.69) is 0 Å². The molecule has 0 spiro atoms. The van der Waals surface area contributed by atoms with Gasteiger partial charge in [-0.05, 0) is 19.3 Å². The minimum atomic E-state index is -0.220. The molecule has 2 nitrogen and oxygen atoms in total. The fourth-order valence-corrected chi connectivity index (χ4v) is 1.56. The molecule has 0 rings (SSSR count). The van der Waals surface area contributed by atoms with Crippen LogP contribution in [0.2, 0.25) is 0 Å². The van der Waals surface area contributed by atoms with Gasteiger partial charge in [0.2, 0.25) is 0 Å². The molecule has 0 aromatic rings. The molecule has 0 saturated carbocycles. The summed E-state index contributed by atoms with van der Waals surface area (Å²) in [6, 6.07) is 0. The van der Waals surface area contributed by atoms with E-state index in [9.17, 15) is 4.79 Å². The van der Waals surface area contributed by atoms with Crippen molar-refractivity contribution in [1.82, 2.24) is 0 Å². The van der Waals surface area contributed by atoms with Crippen LogP contribution in [0.4, 0.5) is 0 Å². The van der Waals surface area contributed by atoms with Gasteiger partial charge in [-0.2, -0.15) is 0 Å². The van der Waals surface area contributed by atoms with Crippen LogP contribution in [0.5, 0.6) is 0 Å². The SMILES string of the molecule is CC(=N)C(C(C)=O)C(C)(C)C. The van der Waals surface area contributed by atoms with Crippen molar-refractivity contribution in [3.63, 3.8) is 0 Å². The quantitative estimate of drug-likeness (QED) is 0.610. The van der Waals surface area contributed by atoms with E-state index in [1.54, 1.807) is 13.8 Å². The topological polar surface area (TPSA) is 40.9 Å². The summed E-state index contributed by atoms with van der Waals surface area (Å²) in [4.78, 5) is 11.1. The zero-order valence-electron chi connectivity index (χ0n) is 7.99. The van der Waals surface area contributed by atoms with Gasteiger partial charge in [-0.15, -0.1) is 0 Å². The number of carbonyl (C=O) groups excluding carboxylic acids is 1. The van der Waals surface area contributed by atoms with Crippen molar-refractivity contribution in [2.45, 2.75) is 34.6 Å². The summed E-state index contributed by atoms with van der Waals surface area (Å²) in [7, 11) is 0. The lowest BCUT2D eigenvalue weighted by atomic mass is 9.76. The van der Waals surface area contributed by atoms with Crippen LogP contribution in [0, 0.1) is 16.7 Å². The van der Waals surface area contributed by atoms with Crippen LogP contribution >= 0.6 is 0 Å². The highest BCUT2D eigenvalue weighted by molar-refractivity contribution is 6.02. The van der Waals surface area contributed by atoms with Gasteiger partial charge in [-0.3, -0.25) is 4.79 Å². The molecule has 64 valence electrons. The molecule has 2 heteroatoms. The van der Waals surface area contributed by atoms with Gasteiger partial charge in [0, 0.05) is 5.71 Å². The van der Waals surface area contributed by atoms with Crippen LogP contribution in [0.3, 0.4) is 0 Å². The van der Waals surface area contributed by atoms with E-state index in [4.69, 9.17) is 5.41 Å². The first-order valence-electron chi connectivity index (χ1n) is 3.82. The van der Waals surface area contributed by atoms with Crippen molar-refractivity contribution in [2.24, 2.45) is 11.3 Å². The van der Waals surface area contributed by atoms with Crippen LogP contribution in [0.15, 0.2) is 0 Å². The first kappa shape index (κ1) is 10.3. The molecule has 0 aliphatic rings. The Balaban J connectivity index is 4.63. The molecule has 1 unspecified atom stereocenters. The molecule has 0 aliphatic carbocycles. The van der Waals surface area contributed by atoms with Crippen LogP contribution in [0.25, 0.3) is 0 Å². The zero-order chi connectivity index (χ0) is 9.23. The molecule has 0 fully saturated rings. The summed E-state index contributed by atoms with van der Waals surface area (Å²) in [6.45, 7) is 9.19. The highest BCUT2D eigenvalue weighted by atomic mass is 16.1. The van der Waals surface area contributed by atoms with Gasteiger partial charge in [-0.1, -0.05) is 20.8 Å². The van der Waals surface area contributed by atoms with Crippen molar-refractivity contribution < 1.29 is 4.79 Å². The smallest absolute Gasteiger partial charge is 0.138 e. The molecule has 0 heterocycles. The van der Waals surface area contributed by atoms with Gasteiger partial charge >= 0.3 is 0 Å². The van der Waals surface area contributed by atoms with Crippen LogP contribution in [-0.4, -0.2) is 11.5 Å². The predicted octanol–water partition coefficient (Wildman–Crippen LogP) is 2.28. The maximum atomic E-state index is 11.1. The van der Waals surface area contributed by atoms with E-state index < -0.39 is 0 Å². The Morgan fingerprint density at radius 2 is 1.64 bits per heavy atom. The molecule has 0 amide bonds. The number of Topliss-reactive ketones (excluding diaryl/α,β-unsaturated/α-hetero) is 1. The van der Waals surface area contributed by atoms with Crippen molar-refractivity contribution in [3.8, 4) is 0 Å². The molecular weight excluding hydrogens is 138 g/mol. The minimum absolute atomic E-state index is 0.0880. The lowest BCUT2D eigenvalue weighted by Crippen LogP contribution is -2.32. The van der Waals surface area contributed by atoms with Gasteiger partial charge in [0.25, 0.3) is 0 Å². The van der Waals surface area contributed by atoms with Gasteiger partial charge in [0.05, 0.1) is 5.92 Å². The lowest BCUT2D eigenvalue weighted by Gasteiger charge is -2.27. The van der Waals surface area contributed by atoms with E-state index in [-0.39, 0.29) is 17.1 Å². The molecule has 0 aromatic heterocycles.